The van der Waals surface area contributed by atoms with Crippen molar-refractivity contribution in [2.45, 2.75) is 38.0 Å². The van der Waals surface area contributed by atoms with E-state index in [4.69, 9.17) is 4.74 Å². The summed E-state index contributed by atoms with van der Waals surface area (Å²) < 4.78 is 5.34. The Bertz CT molecular complexity index is 444. The summed E-state index contributed by atoms with van der Waals surface area (Å²) in [6, 6.07) is 9.63. The van der Waals surface area contributed by atoms with Crippen molar-refractivity contribution >= 4 is 6.09 Å². The number of amides is 1. The Kier molecular flexibility index (Phi) is 3.42. The number of aliphatic hydroxyl groups excluding tert-OH is 1. The van der Waals surface area contributed by atoms with Crippen LogP contribution in [0.5, 0.6) is 0 Å². The van der Waals surface area contributed by atoms with Crippen molar-refractivity contribution in [3.63, 3.8) is 0 Å². The van der Waals surface area contributed by atoms with Gasteiger partial charge in [0.25, 0.3) is 0 Å². The van der Waals surface area contributed by atoms with Gasteiger partial charge in [-0.15, -0.1) is 0 Å². The number of hydrogen-bond donors (Lipinski definition) is 1. The van der Waals surface area contributed by atoms with E-state index in [1.54, 1.807) is 4.90 Å². The molecule has 1 saturated carbocycles. The van der Waals surface area contributed by atoms with Crippen LogP contribution in [0.4, 0.5) is 4.79 Å². The number of benzene rings is 1. The van der Waals surface area contributed by atoms with Gasteiger partial charge in [-0.1, -0.05) is 30.3 Å². The Morgan fingerprint density at radius 3 is 2.68 bits per heavy atom. The number of nitrogens with zero attached hydrogens (tertiary/aromatic N) is 1. The molecule has 0 radical (unpaired) electrons. The molecule has 2 fully saturated rings. The van der Waals surface area contributed by atoms with Gasteiger partial charge >= 0.3 is 6.09 Å². The topological polar surface area (TPSA) is 49.8 Å². The minimum Gasteiger partial charge on any atom is -0.445 e. The number of carbonyl (C=O) groups excluding carboxylic acids is 1. The predicted molar refractivity (Wildman–Crippen MR) is 70.5 cm³/mol. The van der Waals surface area contributed by atoms with E-state index in [1.807, 2.05) is 30.3 Å². The van der Waals surface area contributed by atoms with Crippen molar-refractivity contribution in [3.05, 3.63) is 35.9 Å². The summed E-state index contributed by atoms with van der Waals surface area (Å²) in [7, 11) is 0. The molecular formula is C15H19NO3. The average molecular weight is 261 g/mol. The van der Waals surface area contributed by atoms with Gasteiger partial charge in [-0.3, -0.25) is 0 Å². The summed E-state index contributed by atoms with van der Waals surface area (Å²) in [5, 5.41) is 9.95. The highest BCUT2D eigenvalue weighted by Crippen LogP contribution is 2.40. The van der Waals surface area contributed by atoms with Crippen molar-refractivity contribution in [2.24, 2.45) is 5.92 Å². The molecule has 1 amide bonds. The Hall–Kier alpha value is -1.55. The van der Waals surface area contributed by atoms with Crippen LogP contribution in [0.15, 0.2) is 30.3 Å². The van der Waals surface area contributed by atoms with Crippen molar-refractivity contribution in [1.82, 2.24) is 4.90 Å². The van der Waals surface area contributed by atoms with E-state index in [0.29, 0.717) is 25.5 Å². The highest BCUT2D eigenvalue weighted by Gasteiger charge is 2.45. The molecular weight excluding hydrogens is 242 g/mol. The van der Waals surface area contributed by atoms with Crippen LogP contribution in [0, 0.1) is 5.92 Å². The lowest BCUT2D eigenvalue weighted by molar-refractivity contribution is 0.0649. The third kappa shape index (κ3) is 2.73. The quantitative estimate of drug-likeness (QED) is 0.907. The van der Waals surface area contributed by atoms with E-state index in [-0.39, 0.29) is 18.2 Å². The van der Waals surface area contributed by atoms with E-state index >= 15 is 0 Å². The minimum absolute atomic E-state index is 0.0247. The zero-order chi connectivity index (χ0) is 13.2. The molecule has 1 aromatic carbocycles. The second-order valence-corrected chi connectivity index (χ2v) is 5.42. The first kappa shape index (κ1) is 12.5. The fraction of sp³-hybridized carbons (Fsp3) is 0.533. The van der Waals surface area contributed by atoms with Crippen LogP contribution in [-0.4, -0.2) is 34.8 Å². The third-order valence-electron chi connectivity index (χ3n) is 3.96. The molecule has 0 aromatic heterocycles. The van der Waals surface area contributed by atoms with Crippen molar-refractivity contribution in [1.29, 1.82) is 0 Å². The number of hydrogen-bond acceptors (Lipinski definition) is 3. The molecule has 1 N–H and O–H groups in total. The van der Waals surface area contributed by atoms with Gasteiger partial charge < -0.3 is 14.7 Å². The molecule has 0 bridgehead atoms. The predicted octanol–water partition coefficient (Wildman–Crippen LogP) is 2.17. The maximum Gasteiger partial charge on any atom is 0.410 e. The Balaban J connectivity index is 1.58. The van der Waals surface area contributed by atoms with Crippen LogP contribution in [-0.2, 0) is 11.3 Å². The zero-order valence-electron chi connectivity index (χ0n) is 10.9. The highest BCUT2D eigenvalue weighted by atomic mass is 16.6. The average Bonchev–Trinajstić information content (AvgIpc) is 3.20. The zero-order valence-corrected chi connectivity index (χ0v) is 10.9. The van der Waals surface area contributed by atoms with Gasteiger partial charge in [0, 0.05) is 6.54 Å². The first-order valence-electron chi connectivity index (χ1n) is 6.91. The second-order valence-electron chi connectivity index (χ2n) is 5.42. The molecule has 0 unspecified atom stereocenters. The lowest BCUT2D eigenvalue weighted by Crippen LogP contribution is -2.41. The number of likely N-dealkylation sites (tertiary alicyclic amines) is 1. The summed E-state index contributed by atoms with van der Waals surface area (Å²) in [6.07, 6.45) is 2.23. The maximum atomic E-state index is 12.1. The van der Waals surface area contributed by atoms with E-state index < -0.39 is 0 Å². The molecule has 0 spiro atoms. The van der Waals surface area contributed by atoms with Gasteiger partial charge in [0.15, 0.2) is 0 Å². The number of aliphatic hydroxyl groups is 1. The molecule has 4 heteroatoms. The number of ether oxygens (including phenoxy) is 1. The minimum atomic E-state index is -0.378. The maximum absolute atomic E-state index is 12.1. The van der Waals surface area contributed by atoms with Gasteiger partial charge in [0.05, 0.1) is 12.1 Å². The normalized spacial score (nSPS) is 26.5. The molecule has 1 aromatic rings. The molecule has 2 aliphatic rings. The molecule has 1 heterocycles. The fourth-order valence-corrected chi connectivity index (χ4v) is 2.82. The fourth-order valence-electron chi connectivity index (χ4n) is 2.82. The van der Waals surface area contributed by atoms with E-state index in [2.05, 4.69) is 0 Å². The first-order chi connectivity index (χ1) is 9.25. The standard InChI is InChI=1S/C15H19NO3/c17-13-8-9-16(14(13)12-6-7-12)15(18)19-10-11-4-2-1-3-5-11/h1-5,12-14,17H,6-10H2/t13-,14-/m1/s1. The second kappa shape index (κ2) is 5.21. The molecule has 1 saturated heterocycles. The summed E-state index contributed by atoms with van der Waals surface area (Å²) >= 11 is 0. The molecule has 1 aliphatic heterocycles. The van der Waals surface area contributed by atoms with Crippen LogP contribution >= 0.6 is 0 Å². The molecule has 4 nitrogen and oxygen atoms in total. The van der Waals surface area contributed by atoms with E-state index in [0.717, 1.165) is 18.4 Å². The summed E-state index contributed by atoms with van der Waals surface area (Å²) in [6.45, 7) is 0.902. The van der Waals surface area contributed by atoms with Crippen LogP contribution in [0.1, 0.15) is 24.8 Å². The summed E-state index contributed by atoms with van der Waals surface area (Å²) in [5.74, 6) is 0.474. The lowest BCUT2D eigenvalue weighted by atomic mass is 10.1. The lowest BCUT2D eigenvalue weighted by Gasteiger charge is -2.25. The summed E-state index contributed by atoms with van der Waals surface area (Å²) in [5.41, 5.74) is 0.985. The molecule has 2 atom stereocenters. The molecule has 1 aliphatic carbocycles. The SMILES string of the molecule is O=C(OCc1ccccc1)N1CC[C@@H](O)[C@H]1C1CC1. The Labute approximate surface area is 113 Å². The van der Waals surface area contributed by atoms with Crippen molar-refractivity contribution in [3.8, 4) is 0 Å². The largest absolute Gasteiger partial charge is 0.445 e. The Morgan fingerprint density at radius 1 is 1.26 bits per heavy atom. The van der Waals surface area contributed by atoms with E-state index in [1.165, 1.54) is 0 Å². The highest BCUT2D eigenvalue weighted by molar-refractivity contribution is 5.68. The molecule has 19 heavy (non-hydrogen) atoms. The van der Waals surface area contributed by atoms with Gasteiger partial charge in [-0.05, 0) is 30.7 Å². The first-order valence-corrected chi connectivity index (χ1v) is 6.91. The van der Waals surface area contributed by atoms with Crippen LogP contribution < -0.4 is 0 Å². The van der Waals surface area contributed by atoms with Crippen LogP contribution in [0.25, 0.3) is 0 Å². The van der Waals surface area contributed by atoms with E-state index in [9.17, 15) is 9.90 Å². The van der Waals surface area contributed by atoms with Gasteiger partial charge in [0.1, 0.15) is 6.61 Å². The smallest absolute Gasteiger partial charge is 0.410 e. The summed E-state index contributed by atoms with van der Waals surface area (Å²) in [4.78, 5) is 13.8. The van der Waals surface area contributed by atoms with Crippen LogP contribution in [0.2, 0.25) is 0 Å². The molecule has 102 valence electrons. The number of rotatable bonds is 3. The van der Waals surface area contributed by atoms with Crippen molar-refractivity contribution < 1.29 is 14.6 Å². The van der Waals surface area contributed by atoms with Crippen molar-refractivity contribution in [2.75, 3.05) is 6.54 Å². The number of carbonyl (C=O) groups is 1. The monoisotopic (exact) mass is 261 g/mol. The van der Waals surface area contributed by atoms with Gasteiger partial charge in [-0.25, -0.2) is 4.79 Å². The molecule has 3 rings (SSSR count). The van der Waals surface area contributed by atoms with Crippen LogP contribution in [0.3, 0.4) is 0 Å². The third-order valence-corrected chi connectivity index (χ3v) is 3.96. The Morgan fingerprint density at radius 2 is 2.00 bits per heavy atom. The van der Waals surface area contributed by atoms with Gasteiger partial charge in [-0.2, -0.15) is 0 Å². The van der Waals surface area contributed by atoms with Gasteiger partial charge in [0.2, 0.25) is 0 Å².